The number of carbonyl (C=O) groups excluding carboxylic acids is 2. The Balaban J connectivity index is 1.84. The summed E-state index contributed by atoms with van der Waals surface area (Å²) in [5.41, 5.74) is 3.10. The summed E-state index contributed by atoms with van der Waals surface area (Å²) in [7, 11) is 0. The van der Waals surface area contributed by atoms with E-state index >= 15 is 0 Å². The Hall–Kier alpha value is -2.70. The standard InChI is InChI=1S/C33H46O6/c1-4-7-10-13-16-27-19-23-29(24-20-27)32(34)38-36-31(18-15-12-9-6-3)37-39-33(35)30-25-21-28(22-26-30)17-14-11-8-5-2/h19-26H,3-18H2,1-2H3. The third-order valence-electron chi connectivity index (χ3n) is 6.57. The summed E-state index contributed by atoms with van der Waals surface area (Å²) in [5.74, 6) is -1.29. The van der Waals surface area contributed by atoms with Gasteiger partial charge in [-0.2, -0.15) is 0 Å². The average molecular weight is 539 g/mol. The van der Waals surface area contributed by atoms with Crippen LogP contribution in [0.1, 0.15) is 129 Å². The van der Waals surface area contributed by atoms with Crippen LogP contribution in [0, 0.1) is 13.2 Å². The van der Waals surface area contributed by atoms with Gasteiger partial charge in [-0.15, -0.1) is 9.78 Å². The molecule has 0 saturated carbocycles. The van der Waals surface area contributed by atoms with E-state index in [1.807, 2.05) is 24.3 Å². The Bertz CT molecular complexity index is 851. The highest BCUT2D eigenvalue weighted by atomic mass is 17.3. The maximum Gasteiger partial charge on any atom is 0.373 e. The zero-order chi connectivity index (χ0) is 28.1. The molecule has 2 aromatic carbocycles. The summed E-state index contributed by atoms with van der Waals surface area (Å²) in [4.78, 5) is 45.4. The van der Waals surface area contributed by atoms with Crippen molar-refractivity contribution in [2.24, 2.45) is 0 Å². The molecule has 39 heavy (non-hydrogen) atoms. The number of benzene rings is 2. The smallest absolute Gasteiger partial charge is 0.289 e. The lowest BCUT2D eigenvalue weighted by atomic mass is 10.0. The van der Waals surface area contributed by atoms with Gasteiger partial charge >= 0.3 is 18.2 Å². The number of rotatable bonds is 21. The molecular formula is C33H46O6. The summed E-state index contributed by atoms with van der Waals surface area (Å²) in [5, 5.41) is 0. The number of unbranched alkanes of at least 4 members (excludes halogenated alkanes) is 9. The first kappa shape index (κ1) is 32.5. The lowest BCUT2D eigenvalue weighted by Gasteiger charge is -2.14. The molecule has 2 aromatic rings. The second-order valence-corrected chi connectivity index (χ2v) is 9.96. The van der Waals surface area contributed by atoms with Crippen LogP contribution in [0.5, 0.6) is 0 Å². The molecule has 6 heteroatoms. The molecule has 214 valence electrons. The Labute approximate surface area is 235 Å². The molecule has 0 heterocycles. The first-order valence-corrected chi connectivity index (χ1v) is 14.7. The minimum Gasteiger partial charge on any atom is -0.289 e. The van der Waals surface area contributed by atoms with Crippen LogP contribution in [0.3, 0.4) is 0 Å². The van der Waals surface area contributed by atoms with Crippen LogP contribution < -0.4 is 0 Å². The summed E-state index contributed by atoms with van der Waals surface area (Å²) in [6.45, 7) is 8.23. The van der Waals surface area contributed by atoms with Gasteiger partial charge in [0.25, 0.3) is 0 Å². The minimum absolute atomic E-state index is 0.0825. The van der Waals surface area contributed by atoms with Gasteiger partial charge in [0.2, 0.25) is 0 Å². The van der Waals surface area contributed by atoms with E-state index in [2.05, 4.69) is 20.8 Å². The maximum absolute atomic E-state index is 12.5. The highest BCUT2D eigenvalue weighted by Gasteiger charge is 2.21. The van der Waals surface area contributed by atoms with Crippen molar-refractivity contribution in [1.29, 1.82) is 0 Å². The van der Waals surface area contributed by atoms with Gasteiger partial charge in [-0.25, -0.2) is 9.59 Å². The second-order valence-electron chi connectivity index (χ2n) is 9.96. The third kappa shape index (κ3) is 13.8. The van der Waals surface area contributed by atoms with Crippen molar-refractivity contribution in [1.82, 2.24) is 0 Å². The van der Waals surface area contributed by atoms with E-state index in [0.717, 1.165) is 44.9 Å². The Morgan fingerprint density at radius 2 is 1.00 bits per heavy atom. The quantitative estimate of drug-likeness (QED) is 0.0897. The van der Waals surface area contributed by atoms with Crippen LogP contribution in [0.15, 0.2) is 48.5 Å². The lowest BCUT2D eigenvalue weighted by molar-refractivity contribution is -0.363. The van der Waals surface area contributed by atoms with Gasteiger partial charge in [-0.1, -0.05) is 103 Å². The van der Waals surface area contributed by atoms with E-state index in [9.17, 15) is 9.59 Å². The van der Waals surface area contributed by atoms with Crippen molar-refractivity contribution in [3.05, 3.63) is 84.0 Å². The first-order valence-electron chi connectivity index (χ1n) is 14.7. The molecule has 0 fully saturated rings. The molecule has 0 bridgehead atoms. The van der Waals surface area contributed by atoms with Crippen molar-refractivity contribution in [3.63, 3.8) is 0 Å². The number of hydrogen-bond acceptors (Lipinski definition) is 6. The normalized spacial score (nSPS) is 11.1. The van der Waals surface area contributed by atoms with Crippen LogP contribution in [-0.2, 0) is 32.4 Å². The van der Waals surface area contributed by atoms with Crippen molar-refractivity contribution in [3.8, 4) is 0 Å². The van der Waals surface area contributed by atoms with Crippen molar-refractivity contribution in [2.45, 2.75) is 110 Å². The molecule has 0 aliphatic carbocycles. The third-order valence-corrected chi connectivity index (χ3v) is 6.57. The number of hydrogen-bond donors (Lipinski definition) is 0. The molecule has 0 atom stereocenters. The van der Waals surface area contributed by atoms with Crippen LogP contribution in [0.4, 0.5) is 0 Å². The zero-order valence-electron chi connectivity index (χ0n) is 23.9. The number of carbonyl (C=O) groups is 2. The van der Waals surface area contributed by atoms with Crippen LogP contribution in [0.25, 0.3) is 0 Å². The van der Waals surface area contributed by atoms with Gasteiger partial charge in [0, 0.05) is 6.42 Å². The summed E-state index contributed by atoms with van der Waals surface area (Å²) in [6.07, 6.45) is 15.1. The Morgan fingerprint density at radius 1 is 0.564 bits per heavy atom. The molecule has 6 nitrogen and oxygen atoms in total. The van der Waals surface area contributed by atoms with Gasteiger partial charge in [-0.05, 0) is 67.5 Å². The van der Waals surface area contributed by atoms with Gasteiger partial charge in [0.1, 0.15) is 0 Å². The van der Waals surface area contributed by atoms with Crippen molar-refractivity contribution < 1.29 is 29.1 Å². The Kier molecular flexibility index (Phi) is 16.9. The molecule has 0 spiro atoms. The molecule has 0 unspecified atom stereocenters. The largest absolute Gasteiger partial charge is 0.373 e. The van der Waals surface area contributed by atoms with E-state index in [1.165, 1.54) is 49.7 Å². The predicted molar refractivity (Wildman–Crippen MR) is 153 cm³/mol. The zero-order valence-corrected chi connectivity index (χ0v) is 23.9. The Morgan fingerprint density at radius 3 is 1.41 bits per heavy atom. The SMILES string of the molecule is [CH2]CCCCC[C](OOC(=O)c1ccc(CCCCCC)cc1)OOC(=O)c1ccc(CCCCCC)cc1. The second kappa shape index (κ2) is 20.2. The molecule has 0 amide bonds. The molecule has 0 aliphatic heterocycles. The van der Waals surface area contributed by atoms with Gasteiger partial charge in [0.05, 0.1) is 11.1 Å². The van der Waals surface area contributed by atoms with Crippen molar-refractivity contribution in [2.75, 3.05) is 0 Å². The molecule has 0 N–H and O–H groups in total. The van der Waals surface area contributed by atoms with E-state index in [0.29, 0.717) is 24.0 Å². The molecule has 2 rings (SSSR count). The monoisotopic (exact) mass is 538 g/mol. The highest BCUT2D eigenvalue weighted by Crippen LogP contribution is 2.20. The van der Waals surface area contributed by atoms with E-state index in [-0.39, 0.29) is 6.29 Å². The first-order chi connectivity index (χ1) is 19.1. The van der Waals surface area contributed by atoms with Crippen LogP contribution in [-0.4, -0.2) is 11.9 Å². The topological polar surface area (TPSA) is 71.1 Å². The van der Waals surface area contributed by atoms with Crippen LogP contribution >= 0.6 is 0 Å². The van der Waals surface area contributed by atoms with E-state index < -0.39 is 11.9 Å². The molecule has 0 aliphatic rings. The summed E-state index contributed by atoms with van der Waals surface area (Å²) >= 11 is 0. The van der Waals surface area contributed by atoms with E-state index in [1.54, 1.807) is 24.3 Å². The van der Waals surface area contributed by atoms with Gasteiger partial charge in [-0.3, -0.25) is 9.78 Å². The summed E-state index contributed by atoms with van der Waals surface area (Å²) < 4.78 is 0. The van der Waals surface area contributed by atoms with Gasteiger partial charge < -0.3 is 0 Å². The molecule has 0 saturated heterocycles. The lowest BCUT2D eigenvalue weighted by Crippen LogP contribution is -2.16. The molecular weight excluding hydrogens is 492 g/mol. The molecule has 0 aromatic heterocycles. The highest BCUT2D eigenvalue weighted by molar-refractivity contribution is 5.89. The maximum atomic E-state index is 12.5. The van der Waals surface area contributed by atoms with Crippen LogP contribution in [0.2, 0.25) is 0 Å². The van der Waals surface area contributed by atoms with E-state index in [4.69, 9.17) is 19.6 Å². The average Bonchev–Trinajstić information content (AvgIpc) is 2.97. The minimum atomic E-state index is -0.646. The summed E-state index contributed by atoms with van der Waals surface area (Å²) in [6, 6.07) is 14.6. The fourth-order valence-electron chi connectivity index (χ4n) is 4.11. The fraction of sp³-hybridized carbons (Fsp3) is 0.515. The fourth-order valence-corrected chi connectivity index (χ4v) is 4.11. The van der Waals surface area contributed by atoms with Gasteiger partial charge in [0.15, 0.2) is 0 Å². The molecule has 2 radical (unpaired) electrons. The predicted octanol–water partition coefficient (Wildman–Crippen LogP) is 9.08. The van der Waals surface area contributed by atoms with Crippen molar-refractivity contribution >= 4 is 11.9 Å². The number of aryl methyl sites for hydroxylation is 2.